The number of carbonyl (C=O) groups excluding carboxylic acids is 2. The molecular weight excluding hydrogens is 513 g/mol. The molecule has 6 rings (SSSR count). The zero-order valence-corrected chi connectivity index (χ0v) is 21.2. The molecule has 0 radical (unpaired) electrons. The van der Waals surface area contributed by atoms with E-state index in [9.17, 15) is 9.59 Å². The Morgan fingerprint density at radius 2 is 1.95 bits per heavy atom. The predicted octanol–water partition coefficient (Wildman–Crippen LogP) is 3.86. The predicted molar refractivity (Wildman–Crippen MR) is 139 cm³/mol. The first-order valence-electron chi connectivity index (χ1n) is 12.5. The third kappa shape index (κ3) is 4.47. The van der Waals surface area contributed by atoms with Crippen molar-refractivity contribution in [3.05, 3.63) is 70.5 Å². The molecule has 0 aliphatic carbocycles. The third-order valence-electron chi connectivity index (χ3n) is 7.18. The number of amides is 2. The lowest BCUT2D eigenvalue weighted by Gasteiger charge is -2.35. The van der Waals surface area contributed by atoms with Gasteiger partial charge in [-0.15, -0.1) is 0 Å². The van der Waals surface area contributed by atoms with Crippen LogP contribution in [0.25, 0.3) is 0 Å². The van der Waals surface area contributed by atoms with Gasteiger partial charge in [-0.3, -0.25) is 15.1 Å². The average Bonchev–Trinajstić information content (AvgIpc) is 3.61. The van der Waals surface area contributed by atoms with Crippen LogP contribution in [0.15, 0.2) is 42.9 Å². The number of nitrogens with one attached hydrogen (secondary N) is 2. The first-order chi connectivity index (χ1) is 18.4. The van der Waals surface area contributed by atoms with Gasteiger partial charge in [0, 0.05) is 38.8 Å². The van der Waals surface area contributed by atoms with Crippen molar-refractivity contribution in [2.24, 2.45) is 0 Å². The van der Waals surface area contributed by atoms with Crippen LogP contribution in [0.2, 0.25) is 5.02 Å². The molecule has 3 aliphatic heterocycles. The molecule has 10 nitrogen and oxygen atoms in total. The van der Waals surface area contributed by atoms with Gasteiger partial charge in [0.15, 0.2) is 11.4 Å². The quantitative estimate of drug-likeness (QED) is 0.504. The van der Waals surface area contributed by atoms with E-state index < -0.39 is 17.5 Å². The molecule has 2 saturated heterocycles. The highest BCUT2D eigenvalue weighted by atomic mass is 35.5. The number of carbonyl (C=O) groups is 2. The lowest BCUT2D eigenvalue weighted by Crippen LogP contribution is -2.42. The first-order valence-corrected chi connectivity index (χ1v) is 12.8. The minimum Gasteiger partial charge on any atom is -0.436 e. The van der Waals surface area contributed by atoms with Crippen molar-refractivity contribution in [2.45, 2.75) is 31.4 Å². The average molecular weight is 538 g/mol. The monoisotopic (exact) mass is 537 g/mol. The molecule has 0 bridgehead atoms. The Bertz CT molecular complexity index is 1400. The molecule has 5 heterocycles. The van der Waals surface area contributed by atoms with Gasteiger partial charge in [-0.1, -0.05) is 17.7 Å². The Balaban J connectivity index is 1.15. The molecular formula is C26H25ClFN7O3. The summed E-state index contributed by atoms with van der Waals surface area (Å²) >= 11 is 6.03. The maximum Gasteiger partial charge on any atom is 0.412 e. The van der Waals surface area contributed by atoms with Crippen LogP contribution in [0.5, 0.6) is 0 Å². The van der Waals surface area contributed by atoms with E-state index in [1.807, 2.05) is 17.0 Å². The zero-order chi connectivity index (χ0) is 26.3. The smallest absolute Gasteiger partial charge is 0.412 e. The zero-order valence-electron chi connectivity index (χ0n) is 20.4. The summed E-state index contributed by atoms with van der Waals surface area (Å²) in [6.45, 7) is 2.88. The van der Waals surface area contributed by atoms with E-state index in [0.717, 1.165) is 24.5 Å². The summed E-state index contributed by atoms with van der Waals surface area (Å²) in [5.74, 6) is 0.356. The Morgan fingerprint density at radius 1 is 1.11 bits per heavy atom. The normalized spacial score (nSPS) is 20.3. The largest absolute Gasteiger partial charge is 0.436 e. The van der Waals surface area contributed by atoms with Gasteiger partial charge in [-0.25, -0.2) is 19.2 Å². The van der Waals surface area contributed by atoms with Crippen LogP contribution in [-0.2, 0) is 16.9 Å². The molecule has 0 saturated carbocycles. The molecule has 3 aliphatic rings. The van der Waals surface area contributed by atoms with Gasteiger partial charge in [-0.2, -0.15) is 0 Å². The second-order valence-electron chi connectivity index (χ2n) is 9.63. The van der Waals surface area contributed by atoms with Gasteiger partial charge in [0.05, 0.1) is 35.2 Å². The molecule has 1 aromatic carbocycles. The molecule has 2 amide bonds. The minimum absolute atomic E-state index is 0.0549. The van der Waals surface area contributed by atoms with Crippen molar-refractivity contribution in [3.8, 4) is 0 Å². The van der Waals surface area contributed by atoms with E-state index in [4.69, 9.17) is 16.3 Å². The number of fused-ring (bicyclic) bond motifs is 2. The molecule has 0 unspecified atom stereocenters. The van der Waals surface area contributed by atoms with E-state index in [-0.39, 0.29) is 28.7 Å². The highest BCUT2D eigenvalue weighted by Crippen LogP contribution is 2.46. The summed E-state index contributed by atoms with van der Waals surface area (Å²) < 4.78 is 20.7. The van der Waals surface area contributed by atoms with Gasteiger partial charge in [0.1, 0.15) is 17.3 Å². The van der Waals surface area contributed by atoms with Crippen molar-refractivity contribution in [2.75, 3.05) is 41.3 Å². The number of ether oxygens (including phenoxy) is 1. The SMILES string of the molecule is O=C1Nc2ccc(Cl)c(F)c2[C@]2(CCN(c3cncc(C(=O)NCc4ccc(N5CCCC5)nc4)n3)C2)O1. The number of nitrogens with zero attached hydrogens (tertiary/aromatic N) is 5. The fourth-order valence-corrected chi connectivity index (χ4v) is 5.43. The molecule has 3 aromatic rings. The van der Waals surface area contributed by atoms with Crippen molar-refractivity contribution in [1.82, 2.24) is 20.3 Å². The van der Waals surface area contributed by atoms with Crippen LogP contribution in [-0.4, -0.2) is 53.1 Å². The Hall–Kier alpha value is -3.99. The van der Waals surface area contributed by atoms with Gasteiger partial charge in [0.25, 0.3) is 5.91 Å². The summed E-state index contributed by atoms with van der Waals surface area (Å²) in [7, 11) is 0. The van der Waals surface area contributed by atoms with Gasteiger partial charge < -0.3 is 19.9 Å². The first kappa shape index (κ1) is 24.4. The number of rotatable bonds is 5. The summed E-state index contributed by atoms with van der Waals surface area (Å²) in [6, 6.07) is 6.88. The van der Waals surface area contributed by atoms with Crippen LogP contribution in [0, 0.1) is 5.82 Å². The maximum absolute atomic E-state index is 15.1. The van der Waals surface area contributed by atoms with E-state index in [1.165, 1.54) is 31.3 Å². The Morgan fingerprint density at radius 3 is 2.74 bits per heavy atom. The number of halogens is 2. The Labute approximate surface area is 223 Å². The van der Waals surface area contributed by atoms with Gasteiger partial charge in [0.2, 0.25) is 0 Å². The number of aromatic nitrogens is 3. The molecule has 38 heavy (non-hydrogen) atoms. The lowest BCUT2D eigenvalue weighted by atomic mass is 9.89. The minimum atomic E-state index is -1.24. The number of benzene rings is 1. The van der Waals surface area contributed by atoms with Gasteiger partial charge >= 0.3 is 6.09 Å². The van der Waals surface area contributed by atoms with E-state index in [0.29, 0.717) is 31.0 Å². The molecule has 2 N–H and O–H groups in total. The van der Waals surface area contributed by atoms with Crippen LogP contribution in [0.1, 0.15) is 40.9 Å². The molecule has 2 aromatic heterocycles. The van der Waals surface area contributed by atoms with Crippen molar-refractivity contribution in [3.63, 3.8) is 0 Å². The second kappa shape index (κ2) is 9.71. The summed E-state index contributed by atoms with van der Waals surface area (Å²) in [5.41, 5.74) is 0.312. The number of anilines is 3. The summed E-state index contributed by atoms with van der Waals surface area (Å²) in [6.07, 6.45) is 6.70. The van der Waals surface area contributed by atoms with Crippen LogP contribution >= 0.6 is 11.6 Å². The van der Waals surface area contributed by atoms with Crippen molar-refractivity contribution < 1.29 is 18.7 Å². The fourth-order valence-electron chi connectivity index (χ4n) is 5.27. The van der Waals surface area contributed by atoms with E-state index in [2.05, 4.69) is 30.5 Å². The highest BCUT2D eigenvalue weighted by Gasteiger charge is 2.50. The molecule has 1 atom stereocenters. The third-order valence-corrected chi connectivity index (χ3v) is 7.47. The van der Waals surface area contributed by atoms with Crippen molar-refractivity contribution >= 4 is 40.9 Å². The van der Waals surface area contributed by atoms with E-state index >= 15 is 4.39 Å². The number of hydrogen-bond donors (Lipinski definition) is 2. The van der Waals surface area contributed by atoms with Crippen molar-refractivity contribution in [1.29, 1.82) is 0 Å². The lowest BCUT2D eigenvalue weighted by molar-refractivity contribution is 0.0263. The van der Waals surface area contributed by atoms with E-state index in [1.54, 1.807) is 12.3 Å². The standard InChI is InChI=1S/C26H25ClFN7O3/c27-17-4-5-18-22(23(17)28)26(38-25(37)33-18)7-10-35(15-26)21-14-29-13-19(32-21)24(36)31-12-16-3-6-20(30-11-16)34-8-1-2-9-34/h3-6,11,13-14H,1-2,7-10,12,15H2,(H,31,36)(H,33,37)/t26-/m1/s1. The second-order valence-corrected chi connectivity index (χ2v) is 10.0. The maximum atomic E-state index is 15.1. The topological polar surface area (TPSA) is 113 Å². The highest BCUT2D eigenvalue weighted by molar-refractivity contribution is 6.31. The number of pyridine rings is 1. The van der Waals surface area contributed by atoms with Crippen LogP contribution in [0.4, 0.5) is 26.5 Å². The number of hydrogen-bond acceptors (Lipinski definition) is 8. The van der Waals surface area contributed by atoms with Gasteiger partial charge in [-0.05, 0) is 36.6 Å². The van der Waals surface area contributed by atoms with Crippen LogP contribution in [0.3, 0.4) is 0 Å². The molecule has 12 heteroatoms. The molecule has 196 valence electrons. The fraction of sp³-hybridized carbons (Fsp3) is 0.346. The summed E-state index contributed by atoms with van der Waals surface area (Å²) in [4.78, 5) is 42.3. The Kier molecular flexibility index (Phi) is 6.22. The summed E-state index contributed by atoms with van der Waals surface area (Å²) in [5, 5.41) is 5.34. The van der Waals surface area contributed by atoms with Crippen LogP contribution < -0.4 is 20.4 Å². The molecule has 1 spiro atoms. The molecule has 2 fully saturated rings.